The maximum atomic E-state index is 11.2. The molecule has 0 amide bonds. The standard InChI is InChI=1S/C20H26N2O4S/c1-15(23)3-4-16-5-6-18(19(11-16)24-2)26-14-17-12-22(8-9-25-17)13-20-21-7-10-27-20/h5-7,10-11,17H,3-4,8-9,12-14H2,1-2H3. The number of ether oxygens (including phenoxy) is 3. The topological polar surface area (TPSA) is 60.9 Å². The van der Waals surface area contributed by atoms with Crippen molar-refractivity contribution in [2.45, 2.75) is 32.4 Å². The van der Waals surface area contributed by atoms with Gasteiger partial charge in [0.2, 0.25) is 0 Å². The van der Waals surface area contributed by atoms with E-state index in [1.54, 1.807) is 25.4 Å². The number of aromatic nitrogens is 1. The molecule has 1 aromatic carbocycles. The summed E-state index contributed by atoms with van der Waals surface area (Å²) in [5.41, 5.74) is 1.07. The van der Waals surface area contributed by atoms with Gasteiger partial charge in [0.15, 0.2) is 11.5 Å². The van der Waals surface area contributed by atoms with Crippen molar-refractivity contribution in [3.8, 4) is 11.5 Å². The Morgan fingerprint density at radius 1 is 1.41 bits per heavy atom. The lowest BCUT2D eigenvalue weighted by Crippen LogP contribution is -2.44. The van der Waals surface area contributed by atoms with Gasteiger partial charge in [-0.1, -0.05) is 6.07 Å². The fourth-order valence-electron chi connectivity index (χ4n) is 3.04. The molecule has 0 aliphatic carbocycles. The van der Waals surface area contributed by atoms with E-state index in [0.717, 1.165) is 30.2 Å². The Kier molecular flexibility index (Phi) is 7.20. The van der Waals surface area contributed by atoms with Crippen molar-refractivity contribution in [1.82, 2.24) is 9.88 Å². The maximum Gasteiger partial charge on any atom is 0.161 e. The summed E-state index contributed by atoms with van der Waals surface area (Å²) in [7, 11) is 1.63. The van der Waals surface area contributed by atoms with Crippen LogP contribution in [0.5, 0.6) is 11.5 Å². The predicted molar refractivity (Wildman–Crippen MR) is 105 cm³/mol. The Hall–Kier alpha value is -1.96. The second-order valence-corrected chi connectivity index (χ2v) is 7.63. The van der Waals surface area contributed by atoms with Crippen molar-refractivity contribution in [2.24, 2.45) is 0 Å². The van der Waals surface area contributed by atoms with Crippen molar-refractivity contribution < 1.29 is 19.0 Å². The molecule has 0 bridgehead atoms. The number of benzene rings is 1. The fraction of sp³-hybridized carbons (Fsp3) is 0.500. The number of morpholine rings is 1. The fourth-order valence-corrected chi connectivity index (χ4v) is 3.69. The number of rotatable bonds is 9. The molecule has 1 aliphatic rings. The van der Waals surface area contributed by atoms with E-state index in [1.807, 2.05) is 29.8 Å². The van der Waals surface area contributed by atoms with Gasteiger partial charge in [-0.05, 0) is 31.0 Å². The SMILES string of the molecule is COc1cc(CCC(C)=O)ccc1OCC1CN(Cc2nccs2)CCO1. The van der Waals surface area contributed by atoms with E-state index in [9.17, 15) is 4.79 Å². The number of hydrogen-bond donors (Lipinski definition) is 0. The summed E-state index contributed by atoms with van der Waals surface area (Å²) in [6.45, 7) is 5.35. The largest absolute Gasteiger partial charge is 0.493 e. The van der Waals surface area contributed by atoms with E-state index in [-0.39, 0.29) is 11.9 Å². The maximum absolute atomic E-state index is 11.2. The highest BCUT2D eigenvalue weighted by atomic mass is 32.1. The number of carbonyl (C=O) groups is 1. The van der Waals surface area contributed by atoms with Crippen LogP contribution in [0.15, 0.2) is 29.8 Å². The van der Waals surface area contributed by atoms with Gasteiger partial charge in [0.1, 0.15) is 23.5 Å². The van der Waals surface area contributed by atoms with Gasteiger partial charge in [0.25, 0.3) is 0 Å². The second kappa shape index (κ2) is 9.82. The smallest absolute Gasteiger partial charge is 0.161 e. The molecule has 7 heteroatoms. The number of methoxy groups -OCH3 is 1. The lowest BCUT2D eigenvalue weighted by Gasteiger charge is -2.32. The normalized spacial score (nSPS) is 17.6. The Morgan fingerprint density at radius 2 is 2.30 bits per heavy atom. The van der Waals surface area contributed by atoms with Crippen LogP contribution in [0.25, 0.3) is 0 Å². The van der Waals surface area contributed by atoms with Crippen molar-refractivity contribution in [2.75, 3.05) is 33.4 Å². The van der Waals surface area contributed by atoms with Crippen molar-refractivity contribution >= 4 is 17.1 Å². The first kappa shape index (κ1) is 19.8. The van der Waals surface area contributed by atoms with Gasteiger partial charge >= 0.3 is 0 Å². The minimum Gasteiger partial charge on any atom is -0.493 e. The average Bonchev–Trinajstić information content (AvgIpc) is 3.18. The van der Waals surface area contributed by atoms with Gasteiger partial charge in [0.05, 0.1) is 20.3 Å². The summed E-state index contributed by atoms with van der Waals surface area (Å²) < 4.78 is 17.3. The summed E-state index contributed by atoms with van der Waals surface area (Å²) in [6, 6.07) is 5.83. The van der Waals surface area contributed by atoms with E-state index in [4.69, 9.17) is 14.2 Å². The molecular weight excluding hydrogens is 364 g/mol. The van der Waals surface area contributed by atoms with Crippen LogP contribution in [0.1, 0.15) is 23.9 Å². The average molecular weight is 391 g/mol. The molecule has 1 atom stereocenters. The van der Waals surface area contributed by atoms with Crippen LogP contribution in [0.2, 0.25) is 0 Å². The van der Waals surface area contributed by atoms with E-state index in [2.05, 4.69) is 9.88 Å². The molecule has 0 spiro atoms. The van der Waals surface area contributed by atoms with Gasteiger partial charge in [-0.15, -0.1) is 11.3 Å². The van der Waals surface area contributed by atoms with Crippen LogP contribution in [0.3, 0.4) is 0 Å². The molecule has 3 rings (SSSR count). The molecule has 146 valence electrons. The molecule has 1 unspecified atom stereocenters. The number of carbonyl (C=O) groups excluding carboxylic acids is 1. The molecule has 0 radical (unpaired) electrons. The van der Waals surface area contributed by atoms with Crippen LogP contribution >= 0.6 is 11.3 Å². The van der Waals surface area contributed by atoms with Gasteiger partial charge < -0.3 is 19.0 Å². The number of ketones is 1. The van der Waals surface area contributed by atoms with Crippen LogP contribution in [0, 0.1) is 0 Å². The van der Waals surface area contributed by atoms with Crippen LogP contribution < -0.4 is 9.47 Å². The summed E-state index contributed by atoms with van der Waals surface area (Å²) >= 11 is 1.68. The molecule has 6 nitrogen and oxygen atoms in total. The van der Waals surface area contributed by atoms with E-state index in [1.165, 1.54) is 0 Å². The summed E-state index contributed by atoms with van der Waals surface area (Å²) in [5.74, 6) is 1.57. The lowest BCUT2D eigenvalue weighted by atomic mass is 10.1. The zero-order valence-corrected chi connectivity index (χ0v) is 16.7. The Bertz CT molecular complexity index is 736. The molecule has 1 aromatic heterocycles. The van der Waals surface area contributed by atoms with Gasteiger partial charge in [0, 0.05) is 31.1 Å². The van der Waals surface area contributed by atoms with Gasteiger partial charge in [-0.3, -0.25) is 4.90 Å². The number of aryl methyl sites for hydroxylation is 1. The van der Waals surface area contributed by atoms with Crippen molar-refractivity contribution in [3.63, 3.8) is 0 Å². The summed E-state index contributed by atoms with van der Waals surface area (Å²) in [5, 5.41) is 3.13. The van der Waals surface area contributed by atoms with Crippen LogP contribution in [-0.2, 0) is 22.5 Å². The lowest BCUT2D eigenvalue weighted by molar-refractivity contribution is -0.116. The molecule has 1 aliphatic heterocycles. The number of nitrogens with zero attached hydrogens (tertiary/aromatic N) is 2. The molecule has 2 heterocycles. The molecular formula is C20H26N2O4S. The quantitative estimate of drug-likeness (QED) is 0.656. The van der Waals surface area contributed by atoms with Gasteiger partial charge in [-0.2, -0.15) is 0 Å². The second-order valence-electron chi connectivity index (χ2n) is 6.65. The first-order valence-corrected chi connectivity index (χ1v) is 10.0. The Labute approximate surface area is 164 Å². The summed E-state index contributed by atoms with van der Waals surface area (Å²) in [6.07, 6.45) is 3.10. The molecule has 0 N–H and O–H groups in total. The van der Waals surface area contributed by atoms with Crippen LogP contribution in [0.4, 0.5) is 0 Å². The highest BCUT2D eigenvalue weighted by molar-refractivity contribution is 7.09. The number of hydrogen-bond acceptors (Lipinski definition) is 7. The first-order valence-electron chi connectivity index (χ1n) is 9.15. The number of Topliss-reactive ketones (excluding diaryl/α,β-unsaturated/α-hetero) is 1. The molecule has 2 aromatic rings. The highest BCUT2D eigenvalue weighted by Gasteiger charge is 2.22. The van der Waals surface area contributed by atoms with E-state index >= 15 is 0 Å². The van der Waals surface area contributed by atoms with Crippen molar-refractivity contribution in [1.29, 1.82) is 0 Å². The summed E-state index contributed by atoms with van der Waals surface area (Å²) in [4.78, 5) is 17.9. The number of thiazole rings is 1. The van der Waals surface area contributed by atoms with Gasteiger partial charge in [-0.25, -0.2) is 4.98 Å². The molecule has 27 heavy (non-hydrogen) atoms. The third-order valence-corrected chi connectivity index (χ3v) is 5.25. The molecule has 1 saturated heterocycles. The monoisotopic (exact) mass is 390 g/mol. The van der Waals surface area contributed by atoms with Crippen molar-refractivity contribution in [3.05, 3.63) is 40.3 Å². The Balaban J connectivity index is 1.53. The highest BCUT2D eigenvalue weighted by Crippen LogP contribution is 2.29. The zero-order chi connectivity index (χ0) is 19.1. The third kappa shape index (κ3) is 6.02. The van der Waals surface area contributed by atoms with E-state index < -0.39 is 0 Å². The first-order chi connectivity index (χ1) is 13.1. The zero-order valence-electron chi connectivity index (χ0n) is 15.8. The predicted octanol–water partition coefficient (Wildman–Crippen LogP) is 2.95. The molecule has 0 saturated carbocycles. The van der Waals surface area contributed by atoms with E-state index in [0.29, 0.717) is 37.6 Å². The minimum atomic E-state index is 0.0146. The minimum absolute atomic E-state index is 0.0146. The van der Waals surface area contributed by atoms with Crippen LogP contribution in [-0.4, -0.2) is 55.2 Å². The Morgan fingerprint density at radius 3 is 3.04 bits per heavy atom. The molecule has 1 fully saturated rings. The third-order valence-electron chi connectivity index (χ3n) is 4.48.